The van der Waals surface area contributed by atoms with Gasteiger partial charge in [-0.1, -0.05) is 43.6 Å². The summed E-state index contributed by atoms with van der Waals surface area (Å²) in [4.78, 5) is 23.1. The average molecular weight is 415 g/mol. The Bertz CT molecular complexity index is 821. The van der Waals surface area contributed by atoms with Crippen LogP contribution in [0.5, 0.6) is 11.5 Å². The molecular formula is C25H34O5. The van der Waals surface area contributed by atoms with Crippen LogP contribution in [0.4, 0.5) is 0 Å². The minimum Gasteiger partial charge on any atom is -0.507 e. The van der Waals surface area contributed by atoms with Crippen LogP contribution in [-0.2, 0) is 16.0 Å². The molecule has 0 heterocycles. The lowest BCUT2D eigenvalue weighted by Crippen LogP contribution is -2.19. The van der Waals surface area contributed by atoms with Gasteiger partial charge in [-0.2, -0.15) is 0 Å². The van der Waals surface area contributed by atoms with E-state index in [-0.39, 0.29) is 30.4 Å². The second kappa shape index (κ2) is 11.0. The van der Waals surface area contributed by atoms with Gasteiger partial charge in [-0.3, -0.25) is 9.59 Å². The summed E-state index contributed by atoms with van der Waals surface area (Å²) in [5.41, 5.74) is 3.75. The van der Waals surface area contributed by atoms with Crippen molar-refractivity contribution in [3.8, 4) is 11.5 Å². The van der Waals surface area contributed by atoms with Crippen molar-refractivity contribution in [2.75, 3.05) is 0 Å². The van der Waals surface area contributed by atoms with Crippen molar-refractivity contribution < 1.29 is 24.5 Å². The van der Waals surface area contributed by atoms with E-state index < -0.39 is 11.9 Å². The molecule has 5 heteroatoms. The third-order valence-electron chi connectivity index (χ3n) is 5.73. The fourth-order valence-electron chi connectivity index (χ4n) is 4.10. The molecule has 2 rings (SSSR count). The molecule has 0 aromatic heterocycles. The molecule has 2 N–H and O–H groups in total. The molecule has 0 aliphatic heterocycles. The number of aromatic hydroxyl groups is 1. The van der Waals surface area contributed by atoms with Gasteiger partial charge in [-0.05, 0) is 63.1 Å². The van der Waals surface area contributed by atoms with Gasteiger partial charge < -0.3 is 14.9 Å². The van der Waals surface area contributed by atoms with Crippen molar-refractivity contribution in [3.05, 3.63) is 47.1 Å². The first kappa shape index (κ1) is 23.7. The zero-order valence-corrected chi connectivity index (χ0v) is 18.4. The number of unbranched alkanes of at least 4 members (excludes halogenated alkanes) is 2. The molecule has 1 aromatic carbocycles. The molecule has 0 spiro atoms. The minimum absolute atomic E-state index is 0.118. The number of hydrogen-bond acceptors (Lipinski definition) is 4. The number of aliphatic carboxylic acids is 1. The van der Waals surface area contributed by atoms with Gasteiger partial charge in [-0.25, -0.2) is 0 Å². The van der Waals surface area contributed by atoms with E-state index in [1.54, 1.807) is 6.07 Å². The number of carbonyl (C=O) groups excluding carboxylic acids is 1. The molecule has 1 unspecified atom stereocenters. The molecule has 1 aromatic rings. The van der Waals surface area contributed by atoms with Crippen LogP contribution in [0.3, 0.4) is 0 Å². The Morgan fingerprint density at radius 1 is 1.23 bits per heavy atom. The quantitative estimate of drug-likeness (QED) is 0.215. The fraction of sp³-hybridized carbons (Fsp3) is 0.520. The van der Waals surface area contributed by atoms with Crippen LogP contribution in [0.2, 0.25) is 0 Å². The molecule has 1 aliphatic rings. The minimum atomic E-state index is -1.04. The van der Waals surface area contributed by atoms with E-state index in [0.29, 0.717) is 11.3 Å². The number of benzene rings is 1. The van der Waals surface area contributed by atoms with Crippen LogP contribution in [0, 0.1) is 5.92 Å². The van der Waals surface area contributed by atoms with Gasteiger partial charge in [0, 0.05) is 11.5 Å². The number of carboxylic acids is 1. The van der Waals surface area contributed by atoms with Crippen molar-refractivity contribution in [2.24, 2.45) is 5.92 Å². The van der Waals surface area contributed by atoms with E-state index in [9.17, 15) is 14.7 Å². The van der Waals surface area contributed by atoms with Crippen LogP contribution < -0.4 is 4.74 Å². The second-order valence-electron chi connectivity index (χ2n) is 8.38. The van der Waals surface area contributed by atoms with E-state index in [2.05, 4.69) is 26.5 Å². The zero-order chi connectivity index (χ0) is 22.3. The predicted octanol–water partition coefficient (Wildman–Crippen LogP) is 5.91. The number of aryl methyl sites for hydroxylation is 1. The largest absolute Gasteiger partial charge is 0.507 e. The van der Waals surface area contributed by atoms with Crippen LogP contribution in [0.15, 0.2) is 35.9 Å². The molecule has 0 bridgehead atoms. The number of rotatable bonds is 10. The number of esters is 1. The molecule has 0 saturated heterocycles. The number of phenolic OH excluding ortho intramolecular Hbond substituents is 1. The van der Waals surface area contributed by atoms with Gasteiger partial charge in [0.15, 0.2) is 0 Å². The van der Waals surface area contributed by atoms with Gasteiger partial charge >= 0.3 is 11.9 Å². The monoisotopic (exact) mass is 414 g/mol. The van der Waals surface area contributed by atoms with Gasteiger partial charge in [0.2, 0.25) is 0 Å². The highest BCUT2D eigenvalue weighted by atomic mass is 16.5. The SMILES string of the molecule is C=C(C)[C@H]1CCC(C)=CC1c1c(O)cc(CCCCC)cc1OC(=O)CCC(=O)O. The molecule has 0 radical (unpaired) electrons. The van der Waals surface area contributed by atoms with Crippen molar-refractivity contribution >= 4 is 11.9 Å². The first-order valence-electron chi connectivity index (χ1n) is 10.8. The van der Waals surface area contributed by atoms with Crippen molar-refractivity contribution in [1.82, 2.24) is 0 Å². The summed E-state index contributed by atoms with van der Waals surface area (Å²) >= 11 is 0. The predicted molar refractivity (Wildman–Crippen MR) is 118 cm³/mol. The summed E-state index contributed by atoms with van der Waals surface area (Å²) in [6.45, 7) is 10.3. The number of hydrogen-bond donors (Lipinski definition) is 2. The van der Waals surface area contributed by atoms with Crippen LogP contribution >= 0.6 is 0 Å². The maximum Gasteiger partial charge on any atom is 0.311 e. The van der Waals surface area contributed by atoms with Gasteiger partial charge in [0.1, 0.15) is 11.5 Å². The summed E-state index contributed by atoms with van der Waals surface area (Å²) in [5, 5.41) is 19.8. The summed E-state index contributed by atoms with van der Waals surface area (Å²) < 4.78 is 5.62. The van der Waals surface area contributed by atoms with E-state index in [1.165, 1.54) is 5.57 Å². The van der Waals surface area contributed by atoms with Crippen molar-refractivity contribution in [1.29, 1.82) is 0 Å². The fourth-order valence-corrected chi connectivity index (χ4v) is 4.10. The summed E-state index contributed by atoms with van der Waals surface area (Å²) in [7, 11) is 0. The van der Waals surface area contributed by atoms with E-state index >= 15 is 0 Å². The van der Waals surface area contributed by atoms with Crippen LogP contribution in [-0.4, -0.2) is 22.2 Å². The maximum atomic E-state index is 12.3. The summed E-state index contributed by atoms with van der Waals surface area (Å²) in [6, 6.07) is 3.60. The molecule has 164 valence electrons. The normalized spacial score (nSPS) is 18.6. The highest BCUT2D eigenvalue weighted by Gasteiger charge is 2.31. The second-order valence-corrected chi connectivity index (χ2v) is 8.38. The standard InChI is InChI=1S/C25H34O5/c1-5-6-7-8-18-14-21(26)25(20-13-17(4)9-10-19(20)16(2)3)22(15-18)30-24(29)12-11-23(27)28/h13-15,19-20,26H,2,5-12H2,1,3-4H3,(H,27,28)/t19-,20?/m1/s1. The molecule has 30 heavy (non-hydrogen) atoms. The number of allylic oxidation sites excluding steroid dienone is 3. The van der Waals surface area contributed by atoms with Crippen LogP contribution in [0.1, 0.15) is 82.8 Å². The van der Waals surface area contributed by atoms with E-state index in [1.807, 2.05) is 13.0 Å². The third-order valence-corrected chi connectivity index (χ3v) is 5.73. The Morgan fingerprint density at radius 3 is 2.60 bits per heavy atom. The van der Waals surface area contributed by atoms with Gasteiger partial charge in [0.25, 0.3) is 0 Å². The average Bonchev–Trinajstić information content (AvgIpc) is 2.66. The summed E-state index contributed by atoms with van der Waals surface area (Å²) in [5.74, 6) is -1.19. The van der Waals surface area contributed by atoms with E-state index in [0.717, 1.165) is 49.7 Å². The molecule has 2 atom stereocenters. The lowest BCUT2D eigenvalue weighted by Gasteiger charge is -2.32. The lowest BCUT2D eigenvalue weighted by molar-refractivity contribution is -0.142. The zero-order valence-electron chi connectivity index (χ0n) is 18.4. The Morgan fingerprint density at radius 2 is 1.97 bits per heavy atom. The Kier molecular flexibility index (Phi) is 8.70. The smallest absolute Gasteiger partial charge is 0.311 e. The molecule has 0 amide bonds. The van der Waals surface area contributed by atoms with Crippen LogP contribution in [0.25, 0.3) is 0 Å². The number of carboxylic acid groups (broad SMARTS) is 1. The molecule has 5 nitrogen and oxygen atoms in total. The number of carbonyl (C=O) groups is 2. The molecular weight excluding hydrogens is 380 g/mol. The van der Waals surface area contributed by atoms with E-state index in [4.69, 9.17) is 9.84 Å². The topological polar surface area (TPSA) is 83.8 Å². The molecule has 1 aliphatic carbocycles. The maximum absolute atomic E-state index is 12.3. The highest BCUT2D eigenvalue weighted by molar-refractivity contribution is 5.78. The Balaban J connectivity index is 2.45. The molecule has 0 fully saturated rings. The Labute approximate surface area is 179 Å². The van der Waals surface area contributed by atoms with Crippen molar-refractivity contribution in [3.63, 3.8) is 0 Å². The summed E-state index contributed by atoms with van der Waals surface area (Å²) in [6.07, 6.45) is 7.47. The first-order valence-corrected chi connectivity index (χ1v) is 10.8. The lowest BCUT2D eigenvalue weighted by atomic mass is 9.73. The Hall–Kier alpha value is -2.56. The van der Waals surface area contributed by atoms with Gasteiger partial charge in [-0.15, -0.1) is 0 Å². The molecule has 0 saturated carbocycles. The number of phenols is 1. The number of ether oxygens (including phenoxy) is 1. The first-order chi connectivity index (χ1) is 14.2. The highest BCUT2D eigenvalue weighted by Crippen LogP contribution is 2.47. The van der Waals surface area contributed by atoms with Crippen molar-refractivity contribution in [2.45, 2.75) is 78.1 Å². The van der Waals surface area contributed by atoms with Gasteiger partial charge in [0.05, 0.1) is 12.8 Å². The third kappa shape index (κ3) is 6.48.